The monoisotopic (exact) mass is 286 g/mol. The first kappa shape index (κ1) is 13.2. The van der Waals surface area contributed by atoms with E-state index in [1.165, 1.54) is 18.2 Å². The first-order valence-electron chi connectivity index (χ1n) is 6.34. The summed E-state index contributed by atoms with van der Waals surface area (Å²) in [5, 5.41) is 16.6. The number of carboxylic acids is 1. The molecule has 0 saturated carbocycles. The van der Waals surface area contributed by atoms with Gasteiger partial charge in [-0.05, 0) is 36.8 Å². The van der Waals surface area contributed by atoms with Gasteiger partial charge in [0.05, 0.1) is 11.5 Å². The first-order chi connectivity index (χ1) is 10.1. The molecule has 5 nitrogen and oxygen atoms in total. The van der Waals surface area contributed by atoms with E-state index in [2.05, 4.69) is 10.2 Å². The van der Waals surface area contributed by atoms with Crippen molar-refractivity contribution < 1.29 is 18.7 Å². The van der Waals surface area contributed by atoms with Gasteiger partial charge in [-0.1, -0.05) is 12.2 Å². The third-order valence-electron chi connectivity index (χ3n) is 3.21. The number of hydrogen-bond acceptors (Lipinski definition) is 4. The number of allylic oxidation sites excluding steroid dienone is 4. The van der Waals surface area contributed by atoms with Crippen LogP contribution in [0.2, 0.25) is 0 Å². The summed E-state index contributed by atoms with van der Waals surface area (Å²) in [5.41, 5.74) is 0.763. The molecule has 1 unspecified atom stereocenters. The standard InChI is InChI=1S/C15H11FN2O3/c16-12-4-2-1-3-11(12)14-18-17-13(21-14)9-5-7-10(8-6-9)15(19)20/h1-2,4-8,11H,3H2,(H,19,20). The second-order valence-corrected chi connectivity index (χ2v) is 4.60. The van der Waals surface area contributed by atoms with E-state index in [1.54, 1.807) is 18.2 Å². The highest BCUT2D eigenvalue weighted by Gasteiger charge is 2.24. The number of carbonyl (C=O) groups is 1. The molecule has 1 aliphatic carbocycles. The Bertz CT molecular complexity index is 732. The van der Waals surface area contributed by atoms with Crippen molar-refractivity contribution in [2.24, 2.45) is 0 Å². The summed E-state index contributed by atoms with van der Waals surface area (Å²) in [6.07, 6.45) is 5.33. The summed E-state index contributed by atoms with van der Waals surface area (Å²) >= 11 is 0. The predicted molar refractivity (Wildman–Crippen MR) is 72.4 cm³/mol. The summed E-state index contributed by atoms with van der Waals surface area (Å²) in [5.74, 6) is -1.41. The average molecular weight is 286 g/mol. The number of carboxylic acid groups (broad SMARTS) is 1. The van der Waals surface area contributed by atoms with Gasteiger partial charge in [0.2, 0.25) is 11.8 Å². The predicted octanol–water partition coefficient (Wildman–Crippen LogP) is 3.33. The highest BCUT2D eigenvalue weighted by Crippen LogP contribution is 2.32. The van der Waals surface area contributed by atoms with Crippen molar-refractivity contribution in [2.75, 3.05) is 0 Å². The van der Waals surface area contributed by atoms with Gasteiger partial charge in [0.15, 0.2) is 0 Å². The SMILES string of the molecule is O=C(O)c1ccc(-c2nnc(C3CC=CC=C3F)o2)cc1. The maximum atomic E-state index is 13.7. The van der Waals surface area contributed by atoms with Gasteiger partial charge in [-0.15, -0.1) is 10.2 Å². The molecule has 1 aromatic heterocycles. The Hall–Kier alpha value is -2.76. The Labute approximate surface area is 119 Å². The van der Waals surface area contributed by atoms with Gasteiger partial charge >= 0.3 is 5.97 Å². The quantitative estimate of drug-likeness (QED) is 0.936. The third kappa shape index (κ3) is 2.60. The van der Waals surface area contributed by atoms with Crippen molar-refractivity contribution >= 4 is 5.97 Å². The molecule has 0 bridgehead atoms. The molecular formula is C15H11FN2O3. The van der Waals surface area contributed by atoms with Gasteiger partial charge in [-0.2, -0.15) is 0 Å². The molecule has 0 aliphatic heterocycles. The largest absolute Gasteiger partial charge is 0.478 e. The average Bonchev–Trinajstić information content (AvgIpc) is 2.97. The summed E-state index contributed by atoms with van der Waals surface area (Å²) in [7, 11) is 0. The summed E-state index contributed by atoms with van der Waals surface area (Å²) < 4.78 is 19.2. The molecule has 0 amide bonds. The number of halogens is 1. The molecular weight excluding hydrogens is 275 g/mol. The molecule has 2 aromatic rings. The van der Waals surface area contributed by atoms with Crippen LogP contribution in [0.4, 0.5) is 4.39 Å². The lowest BCUT2D eigenvalue weighted by Gasteiger charge is -2.10. The van der Waals surface area contributed by atoms with E-state index in [0.29, 0.717) is 12.0 Å². The molecule has 6 heteroatoms. The number of nitrogens with zero attached hydrogens (tertiary/aromatic N) is 2. The van der Waals surface area contributed by atoms with Crippen LogP contribution in [-0.4, -0.2) is 21.3 Å². The van der Waals surface area contributed by atoms with Crippen LogP contribution in [0.1, 0.15) is 28.6 Å². The second kappa shape index (κ2) is 5.32. The lowest BCUT2D eigenvalue weighted by molar-refractivity contribution is 0.0697. The van der Waals surface area contributed by atoms with Crippen LogP contribution in [-0.2, 0) is 0 Å². The lowest BCUT2D eigenvalue weighted by atomic mass is 10.00. The zero-order valence-electron chi connectivity index (χ0n) is 10.9. The Morgan fingerprint density at radius 3 is 2.71 bits per heavy atom. The van der Waals surface area contributed by atoms with Gasteiger partial charge in [-0.3, -0.25) is 0 Å². The molecule has 106 valence electrons. The summed E-state index contributed by atoms with van der Waals surface area (Å²) in [6, 6.07) is 6.05. The Morgan fingerprint density at radius 2 is 2.05 bits per heavy atom. The maximum Gasteiger partial charge on any atom is 0.335 e. The summed E-state index contributed by atoms with van der Waals surface area (Å²) in [4.78, 5) is 10.8. The molecule has 1 aromatic carbocycles. The fraction of sp³-hybridized carbons (Fsp3) is 0.133. The van der Waals surface area contributed by atoms with Gasteiger partial charge in [0.25, 0.3) is 0 Å². The molecule has 0 saturated heterocycles. The first-order valence-corrected chi connectivity index (χ1v) is 6.34. The van der Waals surface area contributed by atoms with Gasteiger partial charge in [0.1, 0.15) is 5.83 Å². The second-order valence-electron chi connectivity index (χ2n) is 4.60. The van der Waals surface area contributed by atoms with Crippen LogP contribution in [0.15, 0.2) is 52.7 Å². The summed E-state index contributed by atoms with van der Waals surface area (Å²) in [6.45, 7) is 0. The molecule has 1 N–H and O–H groups in total. The number of benzene rings is 1. The van der Waals surface area contributed by atoms with E-state index in [9.17, 15) is 9.18 Å². The molecule has 21 heavy (non-hydrogen) atoms. The number of aromatic nitrogens is 2. The molecule has 0 fully saturated rings. The van der Waals surface area contributed by atoms with E-state index in [1.807, 2.05) is 6.08 Å². The van der Waals surface area contributed by atoms with Crippen LogP contribution >= 0.6 is 0 Å². The van der Waals surface area contributed by atoms with Crippen molar-refractivity contribution in [1.82, 2.24) is 10.2 Å². The Morgan fingerprint density at radius 1 is 1.29 bits per heavy atom. The van der Waals surface area contributed by atoms with E-state index < -0.39 is 11.9 Å². The minimum Gasteiger partial charge on any atom is -0.478 e. The molecule has 1 aliphatic rings. The number of hydrogen-bond donors (Lipinski definition) is 1. The lowest BCUT2D eigenvalue weighted by Crippen LogP contribution is -2.01. The molecule has 0 radical (unpaired) electrons. The van der Waals surface area contributed by atoms with Crippen LogP contribution < -0.4 is 0 Å². The van der Waals surface area contributed by atoms with E-state index in [0.717, 1.165) is 0 Å². The molecule has 0 spiro atoms. The van der Waals surface area contributed by atoms with Crippen molar-refractivity contribution in [2.45, 2.75) is 12.3 Å². The fourth-order valence-electron chi connectivity index (χ4n) is 2.07. The van der Waals surface area contributed by atoms with Crippen molar-refractivity contribution in [3.8, 4) is 11.5 Å². The zero-order valence-corrected chi connectivity index (χ0v) is 10.9. The van der Waals surface area contributed by atoms with Crippen LogP contribution in [0.5, 0.6) is 0 Å². The van der Waals surface area contributed by atoms with Crippen molar-refractivity contribution in [3.05, 3.63) is 59.8 Å². The minimum atomic E-state index is -1.01. The van der Waals surface area contributed by atoms with E-state index >= 15 is 0 Å². The van der Waals surface area contributed by atoms with E-state index in [4.69, 9.17) is 9.52 Å². The minimum absolute atomic E-state index is 0.171. The van der Waals surface area contributed by atoms with Gasteiger partial charge in [0, 0.05) is 5.56 Å². The van der Waals surface area contributed by atoms with Crippen LogP contribution in [0, 0.1) is 0 Å². The third-order valence-corrected chi connectivity index (χ3v) is 3.21. The van der Waals surface area contributed by atoms with Crippen LogP contribution in [0.3, 0.4) is 0 Å². The van der Waals surface area contributed by atoms with Crippen molar-refractivity contribution in [1.29, 1.82) is 0 Å². The Kier molecular flexibility index (Phi) is 3.35. The number of aromatic carboxylic acids is 1. The highest BCUT2D eigenvalue weighted by atomic mass is 19.1. The van der Waals surface area contributed by atoms with Gasteiger partial charge in [-0.25, -0.2) is 9.18 Å². The zero-order chi connectivity index (χ0) is 14.8. The highest BCUT2D eigenvalue weighted by molar-refractivity contribution is 5.88. The number of rotatable bonds is 3. The van der Waals surface area contributed by atoms with Crippen molar-refractivity contribution in [3.63, 3.8) is 0 Å². The molecule has 1 atom stereocenters. The Balaban J connectivity index is 1.86. The topological polar surface area (TPSA) is 76.2 Å². The fourth-order valence-corrected chi connectivity index (χ4v) is 2.07. The molecule has 1 heterocycles. The van der Waals surface area contributed by atoms with Crippen LogP contribution in [0.25, 0.3) is 11.5 Å². The van der Waals surface area contributed by atoms with Gasteiger partial charge < -0.3 is 9.52 Å². The van der Waals surface area contributed by atoms with E-state index in [-0.39, 0.29) is 23.2 Å². The maximum absolute atomic E-state index is 13.7. The normalized spacial score (nSPS) is 17.6. The molecule has 3 rings (SSSR count). The smallest absolute Gasteiger partial charge is 0.335 e.